The number of nitrogens with one attached hydrogen (secondary N) is 1. The molecule has 1 aliphatic heterocycles. The first-order valence-corrected chi connectivity index (χ1v) is 8.27. The van der Waals surface area contributed by atoms with E-state index in [2.05, 4.69) is 10.3 Å². The molecule has 0 atom stereocenters. The van der Waals surface area contributed by atoms with Crippen LogP contribution in [0.25, 0.3) is 0 Å². The molecule has 1 aromatic heterocycles. The Bertz CT molecular complexity index is 726. The van der Waals surface area contributed by atoms with Gasteiger partial charge in [0.15, 0.2) is 0 Å². The van der Waals surface area contributed by atoms with Gasteiger partial charge in [-0.1, -0.05) is 6.07 Å². The average Bonchev–Trinajstić information content (AvgIpc) is 2.66. The van der Waals surface area contributed by atoms with Gasteiger partial charge in [0.25, 0.3) is 0 Å². The topological polar surface area (TPSA) is 48.5 Å². The first-order chi connectivity index (χ1) is 12.4. The number of alkyl halides is 3. The first-order valence-electron chi connectivity index (χ1n) is 8.27. The van der Waals surface area contributed by atoms with Crippen molar-refractivity contribution < 1.29 is 18.0 Å². The van der Waals surface area contributed by atoms with Crippen LogP contribution in [-0.2, 0) is 12.7 Å². The van der Waals surface area contributed by atoms with Gasteiger partial charge < -0.3 is 15.1 Å². The fourth-order valence-corrected chi connectivity index (χ4v) is 2.82. The monoisotopic (exact) mass is 364 g/mol. The summed E-state index contributed by atoms with van der Waals surface area (Å²) < 4.78 is 37.9. The number of pyridine rings is 1. The third-order valence-corrected chi connectivity index (χ3v) is 4.29. The van der Waals surface area contributed by atoms with Gasteiger partial charge in [0.1, 0.15) is 0 Å². The molecule has 1 fully saturated rings. The second-order valence-electron chi connectivity index (χ2n) is 6.04. The Morgan fingerprint density at radius 1 is 1.08 bits per heavy atom. The predicted octanol–water partition coefficient (Wildman–Crippen LogP) is 3.13. The summed E-state index contributed by atoms with van der Waals surface area (Å²) in [6.45, 7) is 2.59. The number of halogens is 3. The van der Waals surface area contributed by atoms with Crippen LogP contribution < -0.4 is 10.2 Å². The number of benzene rings is 1. The molecule has 26 heavy (non-hydrogen) atoms. The number of carbonyl (C=O) groups is 1. The van der Waals surface area contributed by atoms with Crippen molar-refractivity contribution in [2.45, 2.75) is 12.7 Å². The van der Waals surface area contributed by atoms with E-state index in [1.807, 2.05) is 17.0 Å². The second kappa shape index (κ2) is 7.63. The van der Waals surface area contributed by atoms with Gasteiger partial charge in [0.2, 0.25) is 0 Å². The maximum Gasteiger partial charge on any atom is 0.416 e. The summed E-state index contributed by atoms with van der Waals surface area (Å²) in [5.41, 5.74) is 0.993. The molecule has 0 spiro atoms. The Kier molecular flexibility index (Phi) is 5.29. The van der Waals surface area contributed by atoms with Gasteiger partial charge in [-0.2, -0.15) is 13.2 Å². The van der Waals surface area contributed by atoms with E-state index in [0.29, 0.717) is 32.7 Å². The number of nitrogens with zero attached hydrogens (tertiary/aromatic N) is 3. The standard InChI is InChI=1S/C18H19F3N4O/c19-18(20,21)15-3-5-16(6-4-15)24-8-10-25(11-9-24)17(26)23-13-14-2-1-7-22-12-14/h1-7,12H,8-11,13H2,(H,23,26). The highest BCUT2D eigenvalue weighted by Gasteiger charge is 2.30. The minimum absolute atomic E-state index is 0.152. The highest BCUT2D eigenvalue weighted by Crippen LogP contribution is 2.30. The predicted molar refractivity (Wildman–Crippen MR) is 91.7 cm³/mol. The van der Waals surface area contributed by atoms with Crippen molar-refractivity contribution in [2.24, 2.45) is 0 Å². The molecule has 0 aliphatic carbocycles. The minimum atomic E-state index is -4.33. The molecule has 2 aromatic rings. The SMILES string of the molecule is O=C(NCc1cccnc1)N1CCN(c2ccc(C(F)(F)F)cc2)CC1. The van der Waals surface area contributed by atoms with Gasteiger partial charge in [-0.05, 0) is 35.9 Å². The number of amides is 2. The molecule has 0 unspecified atom stereocenters. The Morgan fingerprint density at radius 2 is 1.77 bits per heavy atom. The summed E-state index contributed by atoms with van der Waals surface area (Å²) in [5.74, 6) is 0. The van der Waals surface area contributed by atoms with E-state index in [4.69, 9.17) is 0 Å². The van der Waals surface area contributed by atoms with E-state index in [1.54, 1.807) is 17.3 Å². The molecule has 0 saturated carbocycles. The van der Waals surface area contributed by atoms with Crippen LogP contribution in [0.5, 0.6) is 0 Å². The number of piperazine rings is 1. The molecule has 2 amide bonds. The van der Waals surface area contributed by atoms with Gasteiger partial charge in [-0.25, -0.2) is 4.79 Å². The molecular formula is C18H19F3N4O. The summed E-state index contributed by atoms with van der Waals surface area (Å²) in [6.07, 6.45) is -0.960. The molecule has 1 N–H and O–H groups in total. The summed E-state index contributed by atoms with van der Waals surface area (Å²) in [4.78, 5) is 19.9. The fourth-order valence-electron chi connectivity index (χ4n) is 2.82. The Labute approximate surface area is 149 Å². The first kappa shape index (κ1) is 18.0. The quantitative estimate of drug-likeness (QED) is 0.910. The van der Waals surface area contributed by atoms with Crippen LogP contribution in [0.15, 0.2) is 48.8 Å². The number of urea groups is 1. The van der Waals surface area contributed by atoms with E-state index in [-0.39, 0.29) is 6.03 Å². The van der Waals surface area contributed by atoms with Crippen LogP contribution in [-0.4, -0.2) is 42.1 Å². The van der Waals surface area contributed by atoms with Crippen LogP contribution in [0.2, 0.25) is 0 Å². The summed E-state index contributed by atoms with van der Waals surface area (Å²) >= 11 is 0. The Morgan fingerprint density at radius 3 is 2.35 bits per heavy atom. The summed E-state index contributed by atoms with van der Waals surface area (Å²) in [7, 11) is 0. The van der Waals surface area contributed by atoms with Crippen LogP contribution in [0.4, 0.5) is 23.7 Å². The molecule has 0 radical (unpaired) electrons. The molecule has 3 rings (SSSR count). The lowest BCUT2D eigenvalue weighted by Crippen LogP contribution is -2.51. The Balaban J connectivity index is 1.50. The van der Waals surface area contributed by atoms with Crippen LogP contribution in [0, 0.1) is 0 Å². The normalized spacial score (nSPS) is 15.0. The zero-order valence-electron chi connectivity index (χ0n) is 14.0. The molecule has 1 aromatic carbocycles. The molecule has 2 heterocycles. The number of hydrogen-bond donors (Lipinski definition) is 1. The zero-order chi connectivity index (χ0) is 18.6. The molecule has 8 heteroatoms. The number of aromatic nitrogens is 1. The molecular weight excluding hydrogens is 345 g/mol. The lowest BCUT2D eigenvalue weighted by atomic mass is 10.1. The van der Waals surface area contributed by atoms with E-state index in [9.17, 15) is 18.0 Å². The van der Waals surface area contributed by atoms with E-state index < -0.39 is 11.7 Å². The van der Waals surface area contributed by atoms with Crippen LogP contribution in [0.1, 0.15) is 11.1 Å². The summed E-state index contributed by atoms with van der Waals surface area (Å²) in [6, 6.07) is 8.66. The molecule has 1 aliphatic rings. The van der Waals surface area contributed by atoms with E-state index in [1.165, 1.54) is 12.1 Å². The maximum absolute atomic E-state index is 12.6. The van der Waals surface area contributed by atoms with Crippen molar-refractivity contribution in [3.63, 3.8) is 0 Å². The number of anilines is 1. The highest BCUT2D eigenvalue weighted by atomic mass is 19.4. The van der Waals surface area contributed by atoms with Crippen LogP contribution in [0.3, 0.4) is 0 Å². The van der Waals surface area contributed by atoms with E-state index in [0.717, 1.165) is 23.4 Å². The van der Waals surface area contributed by atoms with E-state index >= 15 is 0 Å². The van der Waals surface area contributed by atoms with Gasteiger partial charge in [-0.15, -0.1) is 0 Å². The van der Waals surface area contributed by atoms with Crippen molar-refractivity contribution >= 4 is 11.7 Å². The van der Waals surface area contributed by atoms with Crippen molar-refractivity contribution in [1.82, 2.24) is 15.2 Å². The largest absolute Gasteiger partial charge is 0.416 e. The Hall–Kier alpha value is -2.77. The fraction of sp³-hybridized carbons (Fsp3) is 0.333. The number of rotatable bonds is 3. The number of hydrogen-bond acceptors (Lipinski definition) is 3. The van der Waals surface area contributed by atoms with Crippen molar-refractivity contribution in [3.8, 4) is 0 Å². The lowest BCUT2D eigenvalue weighted by Gasteiger charge is -2.36. The third-order valence-electron chi connectivity index (χ3n) is 4.29. The third kappa shape index (κ3) is 4.44. The van der Waals surface area contributed by atoms with Gasteiger partial charge in [-0.3, -0.25) is 4.98 Å². The van der Waals surface area contributed by atoms with Crippen molar-refractivity contribution in [1.29, 1.82) is 0 Å². The lowest BCUT2D eigenvalue weighted by molar-refractivity contribution is -0.137. The van der Waals surface area contributed by atoms with Gasteiger partial charge >= 0.3 is 12.2 Å². The average molecular weight is 364 g/mol. The van der Waals surface area contributed by atoms with Gasteiger partial charge in [0.05, 0.1) is 5.56 Å². The van der Waals surface area contributed by atoms with Gasteiger partial charge in [0, 0.05) is 50.8 Å². The molecule has 1 saturated heterocycles. The van der Waals surface area contributed by atoms with Crippen molar-refractivity contribution in [3.05, 3.63) is 59.9 Å². The molecule has 0 bridgehead atoms. The molecule has 138 valence electrons. The minimum Gasteiger partial charge on any atom is -0.368 e. The second-order valence-corrected chi connectivity index (χ2v) is 6.04. The van der Waals surface area contributed by atoms with Crippen molar-refractivity contribution in [2.75, 3.05) is 31.1 Å². The summed E-state index contributed by atoms with van der Waals surface area (Å²) in [5, 5.41) is 2.85. The zero-order valence-corrected chi connectivity index (χ0v) is 14.0. The smallest absolute Gasteiger partial charge is 0.368 e. The molecule has 5 nitrogen and oxygen atoms in total. The highest BCUT2D eigenvalue weighted by molar-refractivity contribution is 5.74. The number of carbonyl (C=O) groups excluding carboxylic acids is 1. The van der Waals surface area contributed by atoms with Crippen LogP contribution >= 0.6 is 0 Å². The maximum atomic E-state index is 12.6.